The first-order valence-electron chi connectivity index (χ1n) is 5.10. The number of benzene rings is 1. The fourth-order valence-electron chi connectivity index (χ4n) is 1.59. The van der Waals surface area contributed by atoms with E-state index in [0.717, 1.165) is 12.8 Å². The van der Waals surface area contributed by atoms with Gasteiger partial charge in [-0.1, -0.05) is 11.2 Å². The fourth-order valence-corrected chi connectivity index (χ4v) is 1.59. The molecule has 0 atom stereocenters. The van der Waals surface area contributed by atoms with Crippen LogP contribution in [0, 0.1) is 0 Å². The number of phenolic OH excluding ortho intramolecular Hbond substituents is 2. The first-order chi connectivity index (χ1) is 7.75. The predicted octanol–water partition coefficient (Wildman–Crippen LogP) is 2.03. The van der Waals surface area contributed by atoms with Crippen LogP contribution in [0.4, 0.5) is 0 Å². The monoisotopic (exact) mass is 218 g/mol. The highest BCUT2D eigenvalue weighted by Crippen LogP contribution is 2.41. The molecule has 2 aromatic rings. The minimum Gasteiger partial charge on any atom is -0.507 e. The topological polar surface area (TPSA) is 79.4 Å². The maximum atomic E-state index is 9.62. The Balaban J connectivity index is 2.06. The van der Waals surface area contributed by atoms with Gasteiger partial charge in [-0.25, -0.2) is 0 Å². The van der Waals surface area contributed by atoms with Crippen LogP contribution in [0.15, 0.2) is 22.7 Å². The predicted molar refractivity (Wildman–Crippen MR) is 55.0 cm³/mol. The first kappa shape index (κ1) is 9.21. The molecule has 1 aliphatic carbocycles. The second-order valence-corrected chi connectivity index (χ2v) is 3.90. The number of hydrogen-bond acceptors (Lipinski definition) is 5. The molecule has 1 fully saturated rings. The molecular weight excluding hydrogens is 208 g/mol. The molecule has 0 saturated heterocycles. The summed E-state index contributed by atoms with van der Waals surface area (Å²) in [5, 5.41) is 23.1. The van der Waals surface area contributed by atoms with Crippen molar-refractivity contribution in [2.75, 3.05) is 0 Å². The van der Waals surface area contributed by atoms with E-state index in [1.165, 1.54) is 12.1 Å². The van der Waals surface area contributed by atoms with Crippen LogP contribution < -0.4 is 0 Å². The molecule has 82 valence electrons. The molecule has 0 radical (unpaired) electrons. The van der Waals surface area contributed by atoms with Crippen molar-refractivity contribution in [1.82, 2.24) is 10.1 Å². The third-order valence-corrected chi connectivity index (χ3v) is 2.62. The summed E-state index contributed by atoms with van der Waals surface area (Å²) in [5.74, 6) is 1.07. The number of nitrogens with zero attached hydrogens (tertiary/aromatic N) is 2. The molecule has 1 aliphatic rings. The summed E-state index contributed by atoms with van der Waals surface area (Å²) in [6, 6.07) is 4.48. The van der Waals surface area contributed by atoms with E-state index in [-0.39, 0.29) is 23.0 Å². The van der Waals surface area contributed by atoms with Gasteiger partial charge in [-0.15, -0.1) is 0 Å². The molecule has 16 heavy (non-hydrogen) atoms. The van der Waals surface area contributed by atoms with E-state index in [4.69, 9.17) is 4.52 Å². The van der Waals surface area contributed by atoms with Gasteiger partial charge in [0.2, 0.25) is 0 Å². The lowest BCUT2D eigenvalue weighted by Crippen LogP contribution is -1.83. The van der Waals surface area contributed by atoms with E-state index in [9.17, 15) is 10.2 Å². The van der Waals surface area contributed by atoms with Crippen LogP contribution in [0.1, 0.15) is 24.6 Å². The lowest BCUT2D eigenvalue weighted by Gasteiger charge is -2.00. The van der Waals surface area contributed by atoms with Gasteiger partial charge in [0.1, 0.15) is 17.1 Å². The summed E-state index contributed by atoms with van der Waals surface area (Å²) in [5.41, 5.74) is 0.196. The van der Waals surface area contributed by atoms with Gasteiger partial charge in [-0.05, 0) is 25.0 Å². The van der Waals surface area contributed by atoms with Gasteiger partial charge >= 0.3 is 0 Å². The van der Waals surface area contributed by atoms with Crippen molar-refractivity contribution in [2.24, 2.45) is 0 Å². The summed E-state index contributed by atoms with van der Waals surface area (Å²) in [6.45, 7) is 0. The van der Waals surface area contributed by atoms with Crippen LogP contribution >= 0.6 is 0 Å². The van der Waals surface area contributed by atoms with E-state index >= 15 is 0 Å². The van der Waals surface area contributed by atoms with E-state index < -0.39 is 0 Å². The molecule has 5 nitrogen and oxygen atoms in total. The number of phenols is 2. The Kier molecular flexibility index (Phi) is 1.86. The van der Waals surface area contributed by atoms with Crippen molar-refractivity contribution in [3.05, 3.63) is 24.0 Å². The largest absolute Gasteiger partial charge is 0.507 e. The Bertz CT molecular complexity index is 512. The Morgan fingerprint density at radius 2 is 1.88 bits per heavy atom. The van der Waals surface area contributed by atoms with Crippen molar-refractivity contribution < 1.29 is 14.7 Å². The number of hydrogen-bond donors (Lipinski definition) is 2. The van der Waals surface area contributed by atoms with Crippen molar-refractivity contribution in [3.63, 3.8) is 0 Å². The quantitative estimate of drug-likeness (QED) is 0.806. The molecule has 1 aromatic carbocycles. The maximum Gasteiger partial charge on any atom is 0.265 e. The lowest BCUT2D eigenvalue weighted by molar-refractivity contribution is 0.410. The van der Waals surface area contributed by atoms with Crippen molar-refractivity contribution in [1.29, 1.82) is 0 Å². The SMILES string of the molecule is Oc1cccc(O)c1-c1nc(C2CC2)no1. The third-order valence-electron chi connectivity index (χ3n) is 2.62. The molecule has 0 bridgehead atoms. The molecule has 0 unspecified atom stereocenters. The van der Waals surface area contributed by atoms with Gasteiger partial charge < -0.3 is 14.7 Å². The zero-order chi connectivity index (χ0) is 11.1. The highest BCUT2D eigenvalue weighted by molar-refractivity contribution is 5.69. The number of rotatable bonds is 2. The van der Waals surface area contributed by atoms with Gasteiger partial charge in [0.15, 0.2) is 5.82 Å². The molecule has 2 N–H and O–H groups in total. The molecule has 1 saturated carbocycles. The molecule has 0 amide bonds. The molecule has 5 heteroatoms. The van der Waals surface area contributed by atoms with Gasteiger partial charge in [-0.3, -0.25) is 0 Å². The van der Waals surface area contributed by atoms with E-state index in [1.54, 1.807) is 6.07 Å². The standard InChI is InChI=1S/C11H10N2O3/c14-7-2-1-3-8(15)9(7)11-12-10(13-16-11)6-4-5-6/h1-3,6,14-15H,4-5H2. The summed E-state index contributed by atoms with van der Waals surface area (Å²) in [7, 11) is 0. The minimum atomic E-state index is -0.0639. The van der Waals surface area contributed by atoms with Gasteiger partial charge in [-0.2, -0.15) is 4.98 Å². The molecular formula is C11H10N2O3. The van der Waals surface area contributed by atoms with Crippen LogP contribution in [0.5, 0.6) is 11.5 Å². The zero-order valence-corrected chi connectivity index (χ0v) is 8.42. The minimum absolute atomic E-state index is 0.0639. The van der Waals surface area contributed by atoms with Crippen molar-refractivity contribution in [2.45, 2.75) is 18.8 Å². The smallest absolute Gasteiger partial charge is 0.265 e. The Labute approximate surface area is 91.4 Å². The molecule has 0 spiro atoms. The highest BCUT2D eigenvalue weighted by Gasteiger charge is 2.29. The second kappa shape index (κ2) is 3.23. The lowest BCUT2D eigenvalue weighted by atomic mass is 10.2. The van der Waals surface area contributed by atoms with Gasteiger partial charge in [0.05, 0.1) is 0 Å². The van der Waals surface area contributed by atoms with Crippen LogP contribution in [0.2, 0.25) is 0 Å². The Morgan fingerprint density at radius 1 is 1.19 bits per heavy atom. The Morgan fingerprint density at radius 3 is 2.50 bits per heavy atom. The molecule has 1 aromatic heterocycles. The normalized spacial score (nSPS) is 15.2. The van der Waals surface area contributed by atoms with Gasteiger partial charge in [0, 0.05) is 5.92 Å². The van der Waals surface area contributed by atoms with Crippen LogP contribution in [-0.2, 0) is 0 Å². The third kappa shape index (κ3) is 1.41. The number of aromatic hydroxyl groups is 2. The first-order valence-corrected chi connectivity index (χ1v) is 5.10. The summed E-state index contributed by atoms with van der Waals surface area (Å²) >= 11 is 0. The second-order valence-electron chi connectivity index (χ2n) is 3.90. The molecule has 0 aliphatic heterocycles. The van der Waals surface area contributed by atoms with Crippen LogP contribution in [0.3, 0.4) is 0 Å². The molecule has 3 rings (SSSR count). The van der Waals surface area contributed by atoms with Crippen molar-refractivity contribution >= 4 is 0 Å². The number of aromatic nitrogens is 2. The van der Waals surface area contributed by atoms with Crippen LogP contribution in [0.25, 0.3) is 11.5 Å². The molecule has 1 heterocycles. The Hall–Kier alpha value is -2.04. The average Bonchev–Trinajstić information content (AvgIpc) is 2.99. The van der Waals surface area contributed by atoms with Gasteiger partial charge in [0.25, 0.3) is 5.89 Å². The summed E-state index contributed by atoms with van der Waals surface area (Å²) < 4.78 is 5.03. The fraction of sp³-hybridized carbons (Fsp3) is 0.273. The average molecular weight is 218 g/mol. The van der Waals surface area contributed by atoms with E-state index in [2.05, 4.69) is 10.1 Å². The summed E-state index contributed by atoms with van der Waals surface area (Å²) in [4.78, 5) is 4.17. The van der Waals surface area contributed by atoms with E-state index in [0.29, 0.717) is 11.7 Å². The zero-order valence-electron chi connectivity index (χ0n) is 8.42. The van der Waals surface area contributed by atoms with Crippen molar-refractivity contribution in [3.8, 4) is 23.0 Å². The highest BCUT2D eigenvalue weighted by atomic mass is 16.5. The summed E-state index contributed by atoms with van der Waals surface area (Å²) in [6.07, 6.45) is 2.15. The van der Waals surface area contributed by atoms with E-state index in [1.807, 2.05) is 0 Å². The maximum absolute atomic E-state index is 9.62. The van der Waals surface area contributed by atoms with Crippen LogP contribution in [-0.4, -0.2) is 20.4 Å².